The number of aromatic nitrogens is 4. The van der Waals surface area contributed by atoms with Gasteiger partial charge in [-0.3, -0.25) is 0 Å². The molecule has 0 saturated heterocycles. The zero-order valence-electron chi connectivity index (χ0n) is 8.50. The van der Waals surface area contributed by atoms with Crippen LogP contribution in [0.3, 0.4) is 0 Å². The monoisotopic (exact) mass is 207 g/mol. The molecule has 0 aromatic carbocycles. The van der Waals surface area contributed by atoms with E-state index in [1.807, 2.05) is 0 Å². The van der Waals surface area contributed by atoms with E-state index in [1.54, 1.807) is 6.33 Å². The fourth-order valence-corrected chi connectivity index (χ4v) is 2.11. The predicted molar refractivity (Wildman–Crippen MR) is 58.7 cm³/mol. The average molecular weight is 207 g/mol. The third-order valence-corrected chi connectivity index (χ3v) is 2.70. The van der Waals surface area contributed by atoms with E-state index in [2.05, 4.69) is 44.6 Å². The van der Waals surface area contributed by atoms with Crippen LogP contribution in [0.5, 0.6) is 0 Å². The van der Waals surface area contributed by atoms with E-state index in [0.717, 1.165) is 11.3 Å². The van der Waals surface area contributed by atoms with E-state index in [0.29, 0.717) is 5.65 Å². The summed E-state index contributed by atoms with van der Waals surface area (Å²) >= 11 is 0. The SMILES string of the molecule is C[Si](C)(C)Nc1ncnc2nc[nH]c12. The highest BCUT2D eigenvalue weighted by Crippen LogP contribution is 2.17. The lowest BCUT2D eigenvalue weighted by Crippen LogP contribution is -2.32. The smallest absolute Gasteiger partial charge is 0.182 e. The van der Waals surface area contributed by atoms with Gasteiger partial charge in [0.2, 0.25) is 0 Å². The van der Waals surface area contributed by atoms with Crippen molar-refractivity contribution < 1.29 is 0 Å². The Morgan fingerprint density at radius 2 is 2.00 bits per heavy atom. The van der Waals surface area contributed by atoms with Crippen LogP contribution in [0.25, 0.3) is 11.2 Å². The molecule has 0 unspecified atom stereocenters. The van der Waals surface area contributed by atoms with Crippen LogP contribution in [0.15, 0.2) is 12.7 Å². The quantitative estimate of drug-likeness (QED) is 0.734. The Labute approximate surface area is 83.1 Å². The maximum Gasteiger partial charge on any atom is 0.182 e. The molecule has 0 saturated carbocycles. The molecule has 0 aliphatic carbocycles. The van der Waals surface area contributed by atoms with Gasteiger partial charge in [-0.2, -0.15) is 0 Å². The molecular formula is C8H13N5Si. The predicted octanol–water partition coefficient (Wildman–Crippen LogP) is 1.60. The molecule has 0 fully saturated rings. The van der Waals surface area contributed by atoms with E-state index in [9.17, 15) is 0 Å². The first-order chi connectivity index (χ1) is 6.56. The first-order valence-electron chi connectivity index (χ1n) is 4.48. The molecule has 2 rings (SSSR count). The molecule has 0 spiro atoms. The summed E-state index contributed by atoms with van der Waals surface area (Å²) in [6.45, 7) is 6.66. The molecule has 0 amide bonds. The van der Waals surface area contributed by atoms with Gasteiger partial charge >= 0.3 is 0 Å². The summed E-state index contributed by atoms with van der Waals surface area (Å²) in [5, 5.41) is 0. The van der Waals surface area contributed by atoms with Crippen LogP contribution in [0, 0.1) is 0 Å². The molecule has 0 aliphatic heterocycles. The van der Waals surface area contributed by atoms with Crippen LogP contribution in [0.1, 0.15) is 0 Å². The topological polar surface area (TPSA) is 66.5 Å². The maximum atomic E-state index is 4.21. The summed E-state index contributed by atoms with van der Waals surface area (Å²) in [6.07, 6.45) is 3.17. The maximum absolute atomic E-state index is 4.21. The fourth-order valence-electron chi connectivity index (χ4n) is 1.22. The lowest BCUT2D eigenvalue weighted by atomic mass is 10.5. The number of nitrogens with one attached hydrogen (secondary N) is 2. The molecule has 2 N–H and O–H groups in total. The second kappa shape index (κ2) is 3.05. The third kappa shape index (κ3) is 1.74. The van der Waals surface area contributed by atoms with Crippen molar-refractivity contribution in [3.63, 3.8) is 0 Å². The average Bonchev–Trinajstić information content (AvgIpc) is 2.49. The molecular weight excluding hydrogens is 194 g/mol. The number of imidazole rings is 1. The first-order valence-corrected chi connectivity index (χ1v) is 7.98. The molecule has 0 radical (unpaired) electrons. The normalized spacial score (nSPS) is 11.9. The van der Waals surface area contributed by atoms with E-state index in [1.165, 1.54) is 6.33 Å². The zero-order chi connectivity index (χ0) is 10.2. The minimum absolute atomic E-state index is 0.709. The molecule has 5 nitrogen and oxygen atoms in total. The number of H-pyrrole nitrogens is 1. The summed E-state index contributed by atoms with van der Waals surface area (Å²) in [6, 6.07) is 0. The van der Waals surface area contributed by atoms with Gasteiger partial charge in [-0.1, -0.05) is 19.6 Å². The Balaban J connectivity index is 2.46. The lowest BCUT2D eigenvalue weighted by Gasteiger charge is -2.18. The first kappa shape index (κ1) is 9.13. The number of nitrogens with zero attached hydrogens (tertiary/aromatic N) is 3. The molecule has 2 aromatic heterocycles. The lowest BCUT2D eigenvalue weighted by molar-refractivity contribution is 1.20. The number of hydrogen-bond acceptors (Lipinski definition) is 4. The van der Waals surface area contributed by atoms with Gasteiger partial charge in [0.1, 0.15) is 25.9 Å². The van der Waals surface area contributed by atoms with Crippen molar-refractivity contribution in [2.75, 3.05) is 4.98 Å². The van der Waals surface area contributed by atoms with Crippen molar-refractivity contribution in [3.8, 4) is 0 Å². The van der Waals surface area contributed by atoms with Crippen LogP contribution < -0.4 is 4.98 Å². The number of rotatable bonds is 2. The minimum Gasteiger partial charge on any atom is -0.394 e. The Kier molecular flexibility index (Phi) is 1.99. The van der Waals surface area contributed by atoms with Gasteiger partial charge in [-0.05, 0) is 0 Å². The van der Waals surface area contributed by atoms with Crippen molar-refractivity contribution in [2.45, 2.75) is 19.6 Å². The second-order valence-electron chi connectivity index (χ2n) is 4.20. The third-order valence-electron chi connectivity index (χ3n) is 1.72. The minimum atomic E-state index is -1.38. The molecule has 14 heavy (non-hydrogen) atoms. The fraction of sp³-hybridized carbons (Fsp3) is 0.375. The Morgan fingerprint density at radius 3 is 2.71 bits per heavy atom. The zero-order valence-corrected chi connectivity index (χ0v) is 9.50. The number of aromatic amines is 1. The molecule has 2 heterocycles. The summed E-state index contributed by atoms with van der Waals surface area (Å²) in [7, 11) is -1.38. The van der Waals surface area contributed by atoms with Gasteiger partial charge in [0.05, 0.1) is 6.33 Å². The van der Waals surface area contributed by atoms with Gasteiger partial charge in [0, 0.05) is 0 Å². The number of hydrogen-bond donors (Lipinski definition) is 2. The molecule has 0 atom stereocenters. The van der Waals surface area contributed by atoms with Gasteiger partial charge in [-0.15, -0.1) is 0 Å². The van der Waals surface area contributed by atoms with E-state index in [-0.39, 0.29) is 0 Å². The van der Waals surface area contributed by atoms with E-state index in [4.69, 9.17) is 0 Å². The Bertz CT molecular complexity index is 444. The van der Waals surface area contributed by atoms with Crippen molar-refractivity contribution in [1.29, 1.82) is 0 Å². The highest BCUT2D eigenvalue weighted by Gasteiger charge is 2.16. The summed E-state index contributed by atoms with van der Waals surface area (Å²) < 4.78 is 0. The van der Waals surface area contributed by atoms with Crippen molar-refractivity contribution in [2.24, 2.45) is 0 Å². The number of anilines is 1. The van der Waals surface area contributed by atoms with Crippen LogP contribution in [-0.2, 0) is 0 Å². The largest absolute Gasteiger partial charge is 0.394 e. The van der Waals surface area contributed by atoms with Gasteiger partial charge in [0.15, 0.2) is 5.65 Å². The van der Waals surface area contributed by atoms with Crippen LogP contribution >= 0.6 is 0 Å². The Morgan fingerprint density at radius 1 is 1.21 bits per heavy atom. The van der Waals surface area contributed by atoms with Crippen molar-refractivity contribution in [3.05, 3.63) is 12.7 Å². The van der Waals surface area contributed by atoms with Crippen molar-refractivity contribution >= 4 is 25.2 Å². The highest BCUT2D eigenvalue weighted by molar-refractivity contribution is 6.79. The van der Waals surface area contributed by atoms with Crippen molar-refractivity contribution in [1.82, 2.24) is 19.9 Å². The van der Waals surface area contributed by atoms with Gasteiger partial charge in [0.25, 0.3) is 0 Å². The summed E-state index contributed by atoms with van der Waals surface area (Å²) in [5.74, 6) is 0.853. The van der Waals surface area contributed by atoms with Gasteiger partial charge in [-0.25, -0.2) is 15.0 Å². The number of fused-ring (bicyclic) bond motifs is 1. The standard InChI is InChI=1S/C8H13N5Si/c1-14(2,3)13-8-6-7(10-4-9-6)11-5-12-8/h4-5H,1-3H3,(H2,9,10,11,12,13). The summed E-state index contributed by atoms with van der Waals surface area (Å²) in [5.41, 5.74) is 1.59. The van der Waals surface area contributed by atoms with Crippen LogP contribution in [0.4, 0.5) is 5.82 Å². The second-order valence-corrected chi connectivity index (χ2v) is 8.95. The molecule has 74 valence electrons. The molecule has 2 aromatic rings. The van der Waals surface area contributed by atoms with Crippen LogP contribution in [0.2, 0.25) is 19.6 Å². The summed E-state index contributed by atoms with van der Waals surface area (Å²) in [4.78, 5) is 18.8. The Hall–Kier alpha value is -1.43. The molecule has 0 aliphatic rings. The van der Waals surface area contributed by atoms with E-state index < -0.39 is 8.24 Å². The highest BCUT2D eigenvalue weighted by atomic mass is 28.3. The van der Waals surface area contributed by atoms with Gasteiger partial charge < -0.3 is 9.97 Å². The van der Waals surface area contributed by atoms with E-state index >= 15 is 0 Å². The molecule has 6 heteroatoms. The van der Waals surface area contributed by atoms with Crippen LogP contribution in [-0.4, -0.2) is 28.2 Å². The molecule has 0 bridgehead atoms.